The third-order valence-corrected chi connectivity index (χ3v) is 3.63. The van der Waals surface area contributed by atoms with Gasteiger partial charge in [0.25, 0.3) is 0 Å². The van der Waals surface area contributed by atoms with E-state index in [0.29, 0.717) is 0 Å². The molecule has 2 aromatic rings. The number of likely N-dealkylation sites (N-methyl/N-ethyl adjacent to an activating group) is 1. The number of nitrogens with two attached hydrogens (primary N) is 1. The average molecular weight is 287 g/mol. The van der Waals surface area contributed by atoms with E-state index in [1.807, 2.05) is 43.9 Å². The molecule has 2 rings (SSSR count). The molecular formula is C16H25N5. The number of aromatic nitrogens is 3. The van der Waals surface area contributed by atoms with Crippen LogP contribution in [0.4, 0.5) is 5.82 Å². The molecule has 0 aliphatic rings. The minimum Gasteiger partial charge on any atom is -0.359 e. The predicted octanol–water partition coefficient (Wildman–Crippen LogP) is 1.69. The van der Waals surface area contributed by atoms with Crippen molar-refractivity contribution < 1.29 is 0 Å². The van der Waals surface area contributed by atoms with Crippen molar-refractivity contribution in [3.63, 3.8) is 0 Å². The fraction of sp³-hybridized carbons (Fsp3) is 0.500. The number of hydrogen-bond acceptors (Lipinski definition) is 4. The molecule has 1 atom stereocenters. The number of rotatable bonds is 6. The van der Waals surface area contributed by atoms with Crippen molar-refractivity contribution in [2.24, 2.45) is 12.8 Å². The normalized spacial score (nSPS) is 12.4. The Morgan fingerprint density at radius 2 is 2.14 bits per heavy atom. The van der Waals surface area contributed by atoms with Crippen molar-refractivity contribution in [3.8, 4) is 0 Å². The van der Waals surface area contributed by atoms with Gasteiger partial charge in [0.15, 0.2) is 0 Å². The third kappa shape index (κ3) is 3.82. The van der Waals surface area contributed by atoms with Gasteiger partial charge in [-0.05, 0) is 32.4 Å². The van der Waals surface area contributed by atoms with Crippen LogP contribution >= 0.6 is 0 Å². The second-order valence-corrected chi connectivity index (χ2v) is 5.69. The van der Waals surface area contributed by atoms with Crippen LogP contribution in [0.2, 0.25) is 0 Å². The van der Waals surface area contributed by atoms with Gasteiger partial charge in [-0.1, -0.05) is 6.07 Å². The zero-order chi connectivity index (χ0) is 15.4. The standard InChI is InChI=1S/C16H25N5/c1-12(17)11-15-13(2)19-21(4)16(15)20(3)10-8-14-7-5-6-9-18-14/h5-7,9,12H,8,10-11,17H2,1-4H3. The van der Waals surface area contributed by atoms with E-state index in [2.05, 4.69) is 28.1 Å². The number of anilines is 1. The van der Waals surface area contributed by atoms with E-state index >= 15 is 0 Å². The van der Waals surface area contributed by atoms with Crippen molar-refractivity contribution in [2.45, 2.75) is 32.7 Å². The molecule has 0 fully saturated rings. The zero-order valence-electron chi connectivity index (χ0n) is 13.4. The first-order valence-electron chi connectivity index (χ1n) is 7.38. The summed E-state index contributed by atoms with van der Waals surface area (Å²) >= 11 is 0. The van der Waals surface area contributed by atoms with Crippen LogP contribution in [0.5, 0.6) is 0 Å². The van der Waals surface area contributed by atoms with Gasteiger partial charge in [0.1, 0.15) is 5.82 Å². The van der Waals surface area contributed by atoms with Crippen molar-refractivity contribution in [2.75, 3.05) is 18.5 Å². The van der Waals surface area contributed by atoms with Crippen LogP contribution in [0.25, 0.3) is 0 Å². The molecule has 5 heteroatoms. The predicted molar refractivity (Wildman–Crippen MR) is 86.5 cm³/mol. The van der Waals surface area contributed by atoms with Crippen molar-refractivity contribution in [1.82, 2.24) is 14.8 Å². The maximum atomic E-state index is 5.97. The summed E-state index contributed by atoms with van der Waals surface area (Å²) in [5, 5.41) is 4.54. The summed E-state index contributed by atoms with van der Waals surface area (Å²) in [5.41, 5.74) is 9.39. The van der Waals surface area contributed by atoms with E-state index in [9.17, 15) is 0 Å². The first-order valence-corrected chi connectivity index (χ1v) is 7.38. The monoisotopic (exact) mass is 287 g/mol. The van der Waals surface area contributed by atoms with E-state index in [1.54, 1.807) is 0 Å². The van der Waals surface area contributed by atoms with E-state index in [1.165, 1.54) is 5.56 Å². The summed E-state index contributed by atoms with van der Waals surface area (Å²) in [5.74, 6) is 1.15. The number of aryl methyl sites for hydroxylation is 2. The average Bonchev–Trinajstić information content (AvgIpc) is 2.71. The van der Waals surface area contributed by atoms with Crippen LogP contribution in [0.15, 0.2) is 24.4 Å². The Balaban J connectivity index is 2.13. The highest BCUT2D eigenvalue weighted by Crippen LogP contribution is 2.23. The largest absolute Gasteiger partial charge is 0.359 e. The lowest BCUT2D eigenvalue weighted by atomic mass is 10.1. The van der Waals surface area contributed by atoms with Gasteiger partial charge in [0.2, 0.25) is 0 Å². The van der Waals surface area contributed by atoms with Crippen molar-refractivity contribution in [1.29, 1.82) is 0 Å². The summed E-state index contributed by atoms with van der Waals surface area (Å²) in [6.07, 6.45) is 3.60. The maximum Gasteiger partial charge on any atom is 0.129 e. The Hall–Kier alpha value is -1.88. The Morgan fingerprint density at radius 3 is 2.76 bits per heavy atom. The molecular weight excluding hydrogens is 262 g/mol. The maximum absolute atomic E-state index is 5.97. The molecule has 2 heterocycles. The minimum atomic E-state index is 0.135. The first-order chi connectivity index (χ1) is 9.99. The molecule has 1 unspecified atom stereocenters. The second kappa shape index (κ2) is 6.72. The van der Waals surface area contributed by atoms with Gasteiger partial charge in [-0.3, -0.25) is 9.67 Å². The minimum absolute atomic E-state index is 0.135. The van der Waals surface area contributed by atoms with Crippen LogP contribution < -0.4 is 10.6 Å². The molecule has 21 heavy (non-hydrogen) atoms. The Labute approximate surface area is 126 Å². The van der Waals surface area contributed by atoms with E-state index in [0.717, 1.165) is 36.6 Å². The van der Waals surface area contributed by atoms with Gasteiger partial charge < -0.3 is 10.6 Å². The molecule has 0 saturated carbocycles. The van der Waals surface area contributed by atoms with Crippen LogP contribution in [-0.4, -0.2) is 34.4 Å². The summed E-state index contributed by atoms with van der Waals surface area (Å²) in [6, 6.07) is 6.16. The van der Waals surface area contributed by atoms with Gasteiger partial charge in [0.05, 0.1) is 5.69 Å². The van der Waals surface area contributed by atoms with Gasteiger partial charge in [-0.15, -0.1) is 0 Å². The van der Waals surface area contributed by atoms with Gasteiger partial charge >= 0.3 is 0 Å². The molecule has 114 valence electrons. The van der Waals surface area contributed by atoms with Gasteiger partial charge in [-0.25, -0.2) is 0 Å². The van der Waals surface area contributed by atoms with Gasteiger partial charge in [-0.2, -0.15) is 5.10 Å². The fourth-order valence-corrected chi connectivity index (χ4v) is 2.66. The van der Waals surface area contributed by atoms with Crippen molar-refractivity contribution >= 4 is 5.82 Å². The Kier molecular flexibility index (Phi) is 4.96. The lowest BCUT2D eigenvalue weighted by Gasteiger charge is -2.21. The number of pyridine rings is 1. The zero-order valence-corrected chi connectivity index (χ0v) is 13.4. The van der Waals surface area contributed by atoms with Crippen LogP contribution in [0.1, 0.15) is 23.9 Å². The Morgan fingerprint density at radius 1 is 1.38 bits per heavy atom. The topological polar surface area (TPSA) is 60.0 Å². The molecule has 2 N–H and O–H groups in total. The van der Waals surface area contributed by atoms with Crippen LogP contribution in [0, 0.1) is 6.92 Å². The Bertz CT molecular complexity index is 574. The summed E-state index contributed by atoms with van der Waals surface area (Å²) in [6.45, 7) is 4.99. The molecule has 0 radical (unpaired) electrons. The molecule has 0 aliphatic heterocycles. The molecule has 2 aromatic heterocycles. The lowest BCUT2D eigenvalue weighted by Crippen LogP contribution is -2.26. The highest BCUT2D eigenvalue weighted by Gasteiger charge is 2.17. The van der Waals surface area contributed by atoms with Crippen LogP contribution in [-0.2, 0) is 19.9 Å². The summed E-state index contributed by atoms with van der Waals surface area (Å²) in [4.78, 5) is 6.62. The summed E-state index contributed by atoms with van der Waals surface area (Å²) < 4.78 is 1.95. The van der Waals surface area contributed by atoms with E-state index in [-0.39, 0.29) is 6.04 Å². The SMILES string of the molecule is Cc1nn(C)c(N(C)CCc2ccccn2)c1CC(C)N. The number of hydrogen-bond donors (Lipinski definition) is 1. The first kappa shape index (κ1) is 15.5. The smallest absolute Gasteiger partial charge is 0.129 e. The fourth-order valence-electron chi connectivity index (χ4n) is 2.66. The second-order valence-electron chi connectivity index (χ2n) is 5.69. The lowest BCUT2D eigenvalue weighted by molar-refractivity contribution is 0.711. The van der Waals surface area contributed by atoms with E-state index < -0.39 is 0 Å². The van der Waals surface area contributed by atoms with Crippen molar-refractivity contribution in [3.05, 3.63) is 41.3 Å². The molecule has 0 aliphatic carbocycles. The molecule has 0 spiro atoms. The highest BCUT2D eigenvalue weighted by molar-refractivity contribution is 5.50. The number of nitrogens with zero attached hydrogens (tertiary/aromatic N) is 4. The van der Waals surface area contributed by atoms with Crippen LogP contribution in [0.3, 0.4) is 0 Å². The van der Waals surface area contributed by atoms with Gasteiger partial charge in [0, 0.05) is 50.6 Å². The third-order valence-electron chi connectivity index (χ3n) is 3.63. The van der Waals surface area contributed by atoms with E-state index in [4.69, 9.17) is 5.73 Å². The molecule has 5 nitrogen and oxygen atoms in total. The molecule has 0 aromatic carbocycles. The molecule has 0 amide bonds. The highest BCUT2D eigenvalue weighted by atomic mass is 15.4. The summed E-state index contributed by atoms with van der Waals surface area (Å²) in [7, 11) is 4.09. The molecule has 0 bridgehead atoms. The molecule has 0 saturated heterocycles. The quantitative estimate of drug-likeness (QED) is 0.878.